The van der Waals surface area contributed by atoms with Gasteiger partial charge in [0.1, 0.15) is 11.8 Å². The van der Waals surface area contributed by atoms with Crippen molar-refractivity contribution < 1.29 is 4.74 Å². The van der Waals surface area contributed by atoms with Gasteiger partial charge in [0.25, 0.3) is 0 Å². The van der Waals surface area contributed by atoms with E-state index in [2.05, 4.69) is 4.98 Å². The van der Waals surface area contributed by atoms with Gasteiger partial charge in [-0.15, -0.1) is 0 Å². The number of ether oxygens (including phenoxy) is 1. The monoisotopic (exact) mass is 233 g/mol. The molecule has 0 fully saturated rings. The SMILES string of the molecule is COc1cc2ncc(C#N)c(N)c2cc1Cl. The summed E-state index contributed by atoms with van der Waals surface area (Å²) in [5, 5.41) is 9.92. The summed E-state index contributed by atoms with van der Waals surface area (Å²) in [6, 6.07) is 5.31. The van der Waals surface area contributed by atoms with Crippen molar-refractivity contribution in [2.75, 3.05) is 12.8 Å². The first kappa shape index (κ1) is 10.5. The quantitative estimate of drug-likeness (QED) is 0.821. The van der Waals surface area contributed by atoms with Gasteiger partial charge in [-0.3, -0.25) is 4.98 Å². The van der Waals surface area contributed by atoms with Crippen molar-refractivity contribution in [3.63, 3.8) is 0 Å². The number of rotatable bonds is 1. The van der Waals surface area contributed by atoms with Crippen molar-refractivity contribution in [1.82, 2.24) is 4.98 Å². The fourth-order valence-electron chi connectivity index (χ4n) is 1.46. The summed E-state index contributed by atoms with van der Waals surface area (Å²) < 4.78 is 5.07. The second-order valence-electron chi connectivity index (χ2n) is 3.20. The molecule has 16 heavy (non-hydrogen) atoms. The van der Waals surface area contributed by atoms with Crippen LogP contribution in [-0.4, -0.2) is 12.1 Å². The van der Waals surface area contributed by atoms with Crippen LogP contribution in [0.3, 0.4) is 0 Å². The van der Waals surface area contributed by atoms with Gasteiger partial charge in [-0.25, -0.2) is 0 Å². The van der Waals surface area contributed by atoms with E-state index in [1.165, 1.54) is 13.3 Å². The number of nitrogens with zero attached hydrogens (tertiary/aromatic N) is 2. The van der Waals surface area contributed by atoms with E-state index >= 15 is 0 Å². The van der Waals surface area contributed by atoms with E-state index in [-0.39, 0.29) is 0 Å². The largest absolute Gasteiger partial charge is 0.495 e. The molecular weight excluding hydrogens is 226 g/mol. The lowest BCUT2D eigenvalue weighted by atomic mass is 10.1. The molecule has 0 amide bonds. The fraction of sp³-hybridized carbons (Fsp3) is 0.0909. The number of benzene rings is 1. The molecule has 2 aromatic rings. The van der Waals surface area contributed by atoms with Gasteiger partial charge in [0.05, 0.1) is 28.9 Å². The normalized spacial score (nSPS) is 10.1. The zero-order valence-corrected chi connectivity index (χ0v) is 9.25. The molecular formula is C11H8ClN3O. The summed E-state index contributed by atoms with van der Waals surface area (Å²) in [7, 11) is 1.53. The molecule has 0 saturated carbocycles. The van der Waals surface area contributed by atoms with E-state index < -0.39 is 0 Å². The Balaban J connectivity index is 2.82. The Bertz CT molecular complexity index is 604. The maximum absolute atomic E-state index is 8.82. The average molecular weight is 234 g/mol. The second-order valence-corrected chi connectivity index (χ2v) is 3.61. The van der Waals surface area contributed by atoms with Crippen LogP contribution < -0.4 is 10.5 Å². The number of methoxy groups -OCH3 is 1. The minimum Gasteiger partial charge on any atom is -0.495 e. The Hall–Kier alpha value is -1.99. The molecule has 2 rings (SSSR count). The van der Waals surface area contributed by atoms with Gasteiger partial charge in [0.15, 0.2) is 0 Å². The molecule has 0 saturated heterocycles. The molecule has 0 spiro atoms. The first-order chi connectivity index (χ1) is 7.67. The zero-order valence-electron chi connectivity index (χ0n) is 8.49. The van der Waals surface area contributed by atoms with Gasteiger partial charge in [-0.1, -0.05) is 11.6 Å². The third-order valence-electron chi connectivity index (χ3n) is 2.30. The van der Waals surface area contributed by atoms with Crippen molar-refractivity contribution in [3.05, 3.63) is 28.9 Å². The molecule has 2 N–H and O–H groups in total. The lowest BCUT2D eigenvalue weighted by molar-refractivity contribution is 0.415. The van der Waals surface area contributed by atoms with Crippen LogP contribution in [0.5, 0.6) is 5.75 Å². The van der Waals surface area contributed by atoms with E-state index in [4.69, 9.17) is 27.3 Å². The molecule has 0 unspecified atom stereocenters. The van der Waals surface area contributed by atoms with Gasteiger partial charge < -0.3 is 10.5 Å². The van der Waals surface area contributed by atoms with Crippen molar-refractivity contribution in [3.8, 4) is 11.8 Å². The summed E-state index contributed by atoms with van der Waals surface area (Å²) in [6.07, 6.45) is 1.44. The Morgan fingerprint density at radius 3 is 2.88 bits per heavy atom. The molecule has 0 atom stereocenters. The first-order valence-corrected chi connectivity index (χ1v) is 4.87. The number of aromatic nitrogens is 1. The number of hydrogen-bond donors (Lipinski definition) is 1. The number of halogens is 1. The van der Waals surface area contributed by atoms with Crippen LogP contribution >= 0.6 is 11.6 Å². The van der Waals surface area contributed by atoms with Crippen LogP contribution in [0, 0.1) is 11.3 Å². The summed E-state index contributed by atoms with van der Waals surface area (Å²) in [4.78, 5) is 4.12. The maximum atomic E-state index is 8.82. The molecule has 1 aromatic carbocycles. The van der Waals surface area contributed by atoms with Crippen molar-refractivity contribution in [1.29, 1.82) is 5.26 Å². The van der Waals surface area contributed by atoms with Crippen molar-refractivity contribution in [2.45, 2.75) is 0 Å². The standard InChI is InChI=1S/C11H8ClN3O/c1-16-10-3-9-7(2-8(10)12)11(14)6(4-13)5-15-9/h2-3,5H,1H3,(H2,14,15). The lowest BCUT2D eigenvalue weighted by Crippen LogP contribution is -1.95. The van der Waals surface area contributed by atoms with E-state index in [0.29, 0.717) is 32.9 Å². The Morgan fingerprint density at radius 2 is 2.25 bits per heavy atom. The highest BCUT2D eigenvalue weighted by Gasteiger charge is 2.09. The van der Waals surface area contributed by atoms with Crippen LogP contribution in [0.2, 0.25) is 5.02 Å². The summed E-state index contributed by atoms with van der Waals surface area (Å²) in [5.74, 6) is 0.533. The summed E-state index contributed by atoms with van der Waals surface area (Å²) >= 11 is 5.98. The third-order valence-corrected chi connectivity index (χ3v) is 2.60. The Kier molecular flexibility index (Phi) is 2.55. The van der Waals surface area contributed by atoms with Gasteiger partial charge >= 0.3 is 0 Å². The van der Waals surface area contributed by atoms with Crippen LogP contribution in [0.15, 0.2) is 18.3 Å². The van der Waals surface area contributed by atoms with E-state index in [1.54, 1.807) is 12.1 Å². The average Bonchev–Trinajstić information content (AvgIpc) is 2.30. The van der Waals surface area contributed by atoms with Gasteiger partial charge in [0, 0.05) is 17.6 Å². The van der Waals surface area contributed by atoms with Crippen molar-refractivity contribution in [2.24, 2.45) is 0 Å². The van der Waals surface area contributed by atoms with Gasteiger partial charge in [0.2, 0.25) is 0 Å². The predicted octanol–water partition coefficient (Wildman–Crippen LogP) is 2.35. The van der Waals surface area contributed by atoms with Crippen LogP contribution in [0.1, 0.15) is 5.56 Å². The maximum Gasteiger partial charge on any atom is 0.139 e. The lowest BCUT2D eigenvalue weighted by Gasteiger charge is -2.07. The van der Waals surface area contributed by atoms with Gasteiger partial charge in [-0.05, 0) is 6.07 Å². The van der Waals surface area contributed by atoms with Crippen molar-refractivity contribution >= 4 is 28.2 Å². The minimum atomic E-state index is 0.341. The minimum absolute atomic E-state index is 0.341. The molecule has 4 nitrogen and oxygen atoms in total. The van der Waals surface area contributed by atoms with Crippen LogP contribution in [0.4, 0.5) is 5.69 Å². The smallest absolute Gasteiger partial charge is 0.139 e. The molecule has 80 valence electrons. The number of pyridine rings is 1. The molecule has 0 aliphatic heterocycles. The number of nitriles is 1. The number of hydrogen-bond acceptors (Lipinski definition) is 4. The zero-order chi connectivity index (χ0) is 11.7. The third kappa shape index (κ3) is 1.51. The highest BCUT2D eigenvalue weighted by Crippen LogP contribution is 2.32. The molecule has 5 heteroatoms. The second kappa shape index (κ2) is 3.87. The molecule has 0 aliphatic rings. The van der Waals surface area contributed by atoms with Gasteiger partial charge in [-0.2, -0.15) is 5.26 Å². The number of fused-ring (bicyclic) bond motifs is 1. The molecule has 1 heterocycles. The molecule has 0 aliphatic carbocycles. The topological polar surface area (TPSA) is 71.9 Å². The number of nitrogens with two attached hydrogens (primary N) is 1. The van der Waals surface area contributed by atoms with E-state index in [1.807, 2.05) is 6.07 Å². The van der Waals surface area contributed by atoms with Crippen LogP contribution in [0.25, 0.3) is 10.9 Å². The highest BCUT2D eigenvalue weighted by atomic mass is 35.5. The molecule has 1 aromatic heterocycles. The highest BCUT2D eigenvalue weighted by molar-refractivity contribution is 6.33. The van der Waals surface area contributed by atoms with Crippen LogP contribution in [-0.2, 0) is 0 Å². The fourth-order valence-corrected chi connectivity index (χ4v) is 1.70. The Morgan fingerprint density at radius 1 is 1.50 bits per heavy atom. The summed E-state index contributed by atoms with van der Waals surface area (Å²) in [6.45, 7) is 0. The number of anilines is 1. The first-order valence-electron chi connectivity index (χ1n) is 4.49. The predicted molar refractivity (Wildman–Crippen MR) is 62.4 cm³/mol. The van der Waals surface area contributed by atoms with E-state index in [0.717, 1.165) is 0 Å². The van der Waals surface area contributed by atoms with E-state index in [9.17, 15) is 0 Å². The number of nitrogen functional groups attached to an aromatic ring is 1. The molecule has 0 radical (unpaired) electrons. The summed E-state index contributed by atoms with van der Waals surface area (Å²) in [5.41, 5.74) is 7.21. The molecule has 0 bridgehead atoms. The Labute approximate surface area is 97.2 Å².